The van der Waals surface area contributed by atoms with Gasteiger partial charge in [-0.1, -0.05) is 19.3 Å². The van der Waals surface area contributed by atoms with Gasteiger partial charge in [-0.3, -0.25) is 4.79 Å². The SMILES string of the molecule is COc1ccc2[nH]c3c(c2c1)CN(C(=O)C1CCCCC1)CC3. The molecule has 1 aromatic carbocycles. The topological polar surface area (TPSA) is 45.3 Å². The summed E-state index contributed by atoms with van der Waals surface area (Å²) in [5, 5.41) is 1.19. The average molecular weight is 312 g/mol. The Morgan fingerprint density at radius 3 is 2.87 bits per heavy atom. The van der Waals surface area contributed by atoms with Gasteiger partial charge in [-0.2, -0.15) is 0 Å². The predicted octanol–water partition coefficient (Wildman–Crippen LogP) is 3.64. The quantitative estimate of drug-likeness (QED) is 0.920. The number of ether oxygens (including phenoxy) is 1. The van der Waals surface area contributed by atoms with Gasteiger partial charge >= 0.3 is 0 Å². The van der Waals surface area contributed by atoms with Crippen molar-refractivity contribution >= 4 is 16.8 Å². The van der Waals surface area contributed by atoms with Crippen LogP contribution in [0.2, 0.25) is 0 Å². The van der Waals surface area contributed by atoms with Gasteiger partial charge in [0, 0.05) is 47.6 Å². The van der Waals surface area contributed by atoms with Crippen LogP contribution < -0.4 is 4.74 Å². The number of amides is 1. The highest BCUT2D eigenvalue weighted by Gasteiger charge is 2.29. The summed E-state index contributed by atoms with van der Waals surface area (Å²) in [7, 11) is 1.69. The summed E-state index contributed by atoms with van der Waals surface area (Å²) in [5.41, 5.74) is 3.69. The molecule has 0 saturated heterocycles. The second-order valence-electron chi connectivity index (χ2n) is 6.84. The third kappa shape index (κ3) is 2.60. The number of aromatic nitrogens is 1. The molecule has 0 unspecified atom stereocenters. The van der Waals surface area contributed by atoms with E-state index in [2.05, 4.69) is 22.0 Å². The van der Waals surface area contributed by atoms with E-state index in [4.69, 9.17) is 4.74 Å². The van der Waals surface area contributed by atoms with Crippen LogP contribution in [0.5, 0.6) is 5.75 Å². The van der Waals surface area contributed by atoms with Crippen LogP contribution in [0.15, 0.2) is 18.2 Å². The van der Waals surface area contributed by atoms with E-state index in [0.29, 0.717) is 5.91 Å². The number of benzene rings is 1. The molecule has 0 bridgehead atoms. The number of nitrogens with one attached hydrogen (secondary N) is 1. The van der Waals surface area contributed by atoms with Crippen LogP contribution in [0.3, 0.4) is 0 Å². The molecule has 2 aromatic rings. The highest BCUT2D eigenvalue weighted by atomic mass is 16.5. The minimum atomic E-state index is 0.255. The van der Waals surface area contributed by atoms with E-state index in [9.17, 15) is 4.79 Å². The van der Waals surface area contributed by atoms with Gasteiger partial charge in [-0.25, -0.2) is 0 Å². The van der Waals surface area contributed by atoms with E-state index in [1.165, 1.54) is 35.9 Å². The third-order valence-corrected chi connectivity index (χ3v) is 5.45. The maximum absolute atomic E-state index is 12.8. The van der Waals surface area contributed by atoms with Crippen molar-refractivity contribution in [2.45, 2.75) is 45.1 Å². The molecule has 0 atom stereocenters. The summed E-state index contributed by atoms with van der Waals surface area (Å²) in [5.74, 6) is 1.49. The van der Waals surface area contributed by atoms with Crippen molar-refractivity contribution in [1.29, 1.82) is 0 Å². The lowest BCUT2D eigenvalue weighted by atomic mass is 9.87. The fourth-order valence-corrected chi connectivity index (χ4v) is 4.12. The van der Waals surface area contributed by atoms with Crippen molar-refractivity contribution in [3.8, 4) is 5.75 Å². The Bertz CT molecular complexity index is 728. The summed E-state index contributed by atoms with van der Waals surface area (Å²) in [6, 6.07) is 6.13. The third-order valence-electron chi connectivity index (χ3n) is 5.45. The van der Waals surface area contributed by atoms with Gasteiger partial charge in [0.1, 0.15) is 5.75 Å². The van der Waals surface area contributed by atoms with E-state index in [0.717, 1.165) is 43.6 Å². The van der Waals surface area contributed by atoms with Crippen molar-refractivity contribution in [1.82, 2.24) is 9.88 Å². The molecule has 4 nitrogen and oxygen atoms in total. The standard InChI is InChI=1S/C19H24N2O2/c1-23-14-7-8-17-15(11-14)16-12-21(10-9-18(16)20-17)19(22)13-5-3-2-4-6-13/h7-8,11,13,20H,2-6,9-10,12H2,1H3. The first-order valence-electron chi connectivity index (χ1n) is 8.72. The summed E-state index contributed by atoms with van der Waals surface area (Å²) < 4.78 is 5.36. The number of hydrogen-bond donors (Lipinski definition) is 1. The fraction of sp³-hybridized carbons (Fsp3) is 0.526. The number of aromatic amines is 1. The number of rotatable bonds is 2. The van der Waals surface area contributed by atoms with Crippen molar-refractivity contribution in [2.75, 3.05) is 13.7 Å². The van der Waals surface area contributed by atoms with Gasteiger partial charge in [0.25, 0.3) is 0 Å². The molecule has 1 aliphatic carbocycles. The van der Waals surface area contributed by atoms with Gasteiger partial charge in [-0.15, -0.1) is 0 Å². The number of fused-ring (bicyclic) bond motifs is 3. The summed E-state index contributed by atoms with van der Waals surface area (Å²) in [6.45, 7) is 1.57. The van der Waals surface area contributed by atoms with Gasteiger partial charge in [-0.05, 0) is 31.0 Å². The summed E-state index contributed by atoms with van der Waals surface area (Å²) >= 11 is 0. The van der Waals surface area contributed by atoms with Crippen LogP contribution in [-0.2, 0) is 17.8 Å². The maximum Gasteiger partial charge on any atom is 0.225 e. The number of H-pyrrole nitrogens is 1. The molecule has 1 amide bonds. The molecule has 1 saturated carbocycles. The summed E-state index contributed by atoms with van der Waals surface area (Å²) in [4.78, 5) is 18.4. The van der Waals surface area contributed by atoms with E-state index >= 15 is 0 Å². The number of hydrogen-bond acceptors (Lipinski definition) is 2. The Kier molecular flexibility index (Phi) is 3.76. The first-order chi connectivity index (χ1) is 11.3. The van der Waals surface area contributed by atoms with Crippen molar-refractivity contribution < 1.29 is 9.53 Å². The monoisotopic (exact) mass is 312 g/mol. The molecule has 23 heavy (non-hydrogen) atoms. The van der Waals surface area contributed by atoms with Crippen molar-refractivity contribution in [3.05, 3.63) is 29.5 Å². The normalized spacial score (nSPS) is 18.9. The van der Waals surface area contributed by atoms with Crippen LogP contribution in [0.25, 0.3) is 10.9 Å². The molecule has 1 aliphatic heterocycles. The van der Waals surface area contributed by atoms with Gasteiger partial charge < -0.3 is 14.6 Å². The highest BCUT2D eigenvalue weighted by Crippen LogP contribution is 2.32. The van der Waals surface area contributed by atoms with E-state index in [1.807, 2.05) is 6.07 Å². The second-order valence-corrected chi connectivity index (χ2v) is 6.84. The second kappa shape index (κ2) is 5.91. The van der Waals surface area contributed by atoms with Gasteiger partial charge in [0.05, 0.1) is 7.11 Å². The summed E-state index contributed by atoms with van der Waals surface area (Å²) in [6.07, 6.45) is 6.77. The molecule has 0 spiro atoms. The largest absolute Gasteiger partial charge is 0.497 e. The zero-order valence-corrected chi connectivity index (χ0v) is 13.7. The molecule has 1 aromatic heterocycles. The van der Waals surface area contributed by atoms with Crippen LogP contribution in [0.1, 0.15) is 43.4 Å². The lowest BCUT2D eigenvalue weighted by molar-refractivity contribution is -0.137. The number of carbonyl (C=O) groups is 1. The zero-order valence-electron chi connectivity index (χ0n) is 13.7. The molecule has 0 radical (unpaired) electrons. The minimum absolute atomic E-state index is 0.255. The Morgan fingerprint density at radius 1 is 1.26 bits per heavy atom. The van der Waals surface area contributed by atoms with Crippen LogP contribution in [-0.4, -0.2) is 29.4 Å². The number of carbonyl (C=O) groups excluding carboxylic acids is 1. The Hall–Kier alpha value is -1.97. The first kappa shape index (κ1) is 14.6. The minimum Gasteiger partial charge on any atom is -0.497 e. The lowest BCUT2D eigenvalue weighted by Gasteiger charge is -2.32. The molecule has 122 valence electrons. The Balaban J connectivity index is 1.61. The highest BCUT2D eigenvalue weighted by molar-refractivity contribution is 5.87. The average Bonchev–Trinajstić information content (AvgIpc) is 2.98. The predicted molar refractivity (Wildman–Crippen MR) is 90.5 cm³/mol. The van der Waals surface area contributed by atoms with Crippen LogP contribution in [0, 0.1) is 5.92 Å². The first-order valence-corrected chi connectivity index (χ1v) is 8.72. The van der Waals surface area contributed by atoms with E-state index in [1.54, 1.807) is 7.11 Å². The van der Waals surface area contributed by atoms with Crippen molar-refractivity contribution in [3.63, 3.8) is 0 Å². The Labute approximate surface area is 136 Å². The van der Waals surface area contributed by atoms with Crippen molar-refractivity contribution in [2.24, 2.45) is 5.92 Å². The number of methoxy groups -OCH3 is 1. The van der Waals surface area contributed by atoms with Gasteiger partial charge in [0.15, 0.2) is 0 Å². The molecule has 1 N–H and O–H groups in total. The zero-order chi connectivity index (χ0) is 15.8. The van der Waals surface area contributed by atoms with E-state index in [-0.39, 0.29) is 5.92 Å². The van der Waals surface area contributed by atoms with Gasteiger partial charge in [0.2, 0.25) is 5.91 Å². The smallest absolute Gasteiger partial charge is 0.225 e. The van der Waals surface area contributed by atoms with E-state index < -0.39 is 0 Å². The lowest BCUT2D eigenvalue weighted by Crippen LogP contribution is -2.40. The van der Waals surface area contributed by atoms with Crippen LogP contribution in [0.4, 0.5) is 0 Å². The Morgan fingerprint density at radius 2 is 2.09 bits per heavy atom. The fourth-order valence-electron chi connectivity index (χ4n) is 4.12. The molecule has 1 fully saturated rings. The molecule has 2 aliphatic rings. The number of nitrogens with zero attached hydrogens (tertiary/aromatic N) is 1. The molecular formula is C19H24N2O2. The maximum atomic E-state index is 12.8. The molecule has 2 heterocycles. The van der Waals surface area contributed by atoms with Crippen LogP contribution >= 0.6 is 0 Å². The molecule has 4 heteroatoms. The molecule has 4 rings (SSSR count). The molecular weight excluding hydrogens is 288 g/mol.